The standard InChI is InChI=1S/C15H13N5S/c1-10(17-14-7-6-11(9-16)19-20-14)8-15-18-12-4-2-3-5-13(12)21-15/h2-7,10H,8H2,1H3,(H,17,20). The van der Waals surface area contributed by atoms with E-state index >= 15 is 0 Å². The van der Waals surface area contributed by atoms with Crippen LogP contribution in [0.4, 0.5) is 5.82 Å². The van der Waals surface area contributed by atoms with E-state index in [0.717, 1.165) is 16.9 Å². The van der Waals surface area contributed by atoms with E-state index in [1.165, 1.54) is 4.70 Å². The molecule has 0 radical (unpaired) electrons. The van der Waals surface area contributed by atoms with Crippen molar-refractivity contribution in [3.05, 3.63) is 47.1 Å². The van der Waals surface area contributed by atoms with Crippen LogP contribution in [0.25, 0.3) is 10.2 Å². The van der Waals surface area contributed by atoms with Gasteiger partial charge in [0.2, 0.25) is 0 Å². The van der Waals surface area contributed by atoms with Crippen LogP contribution in [0, 0.1) is 11.3 Å². The van der Waals surface area contributed by atoms with Crippen molar-refractivity contribution >= 4 is 27.4 Å². The van der Waals surface area contributed by atoms with Gasteiger partial charge >= 0.3 is 0 Å². The molecule has 1 atom stereocenters. The summed E-state index contributed by atoms with van der Waals surface area (Å²) in [5.41, 5.74) is 1.36. The summed E-state index contributed by atoms with van der Waals surface area (Å²) in [6, 6.07) is 13.7. The second-order valence-electron chi connectivity index (χ2n) is 4.74. The Balaban J connectivity index is 1.67. The molecule has 0 spiro atoms. The average Bonchev–Trinajstić information content (AvgIpc) is 2.90. The van der Waals surface area contributed by atoms with Gasteiger partial charge in [0.15, 0.2) is 5.69 Å². The Morgan fingerprint density at radius 2 is 2.10 bits per heavy atom. The van der Waals surface area contributed by atoms with Crippen LogP contribution in [0.15, 0.2) is 36.4 Å². The molecule has 0 amide bonds. The van der Waals surface area contributed by atoms with Gasteiger partial charge in [0.05, 0.1) is 15.2 Å². The lowest BCUT2D eigenvalue weighted by Gasteiger charge is -2.12. The molecule has 104 valence electrons. The number of benzene rings is 1. The maximum absolute atomic E-state index is 8.69. The monoisotopic (exact) mass is 295 g/mol. The quantitative estimate of drug-likeness (QED) is 0.801. The molecule has 0 aliphatic heterocycles. The van der Waals surface area contributed by atoms with Crippen molar-refractivity contribution in [3.63, 3.8) is 0 Å². The predicted molar refractivity (Wildman–Crippen MR) is 83.2 cm³/mol. The third-order valence-electron chi connectivity index (χ3n) is 2.99. The normalized spacial score (nSPS) is 12.0. The number of hydrogen-bond donors (Lipinski definition) is 1. The molecule has 21 heavy (non-hydrogen) atoms. The number of rotatable bonds is 4. The fourth-order valence-electron chi connectivity index (χ4n) is 2.04. The van der Waals surface area contributed by atoms with E-state index in [1.54, 1.807) is 23.5 Å². The first-order valence-corrected chi connectivity index (χ1v) is 7.41. The zero-order valence-electron chi connectivity index (χ0n) is 11.4. The molecule has 0 fully saturated rings. The maximum Gasteiger partial charge on any atom is 0.163 e. The number of hydrogen-bond acceptors (Lipinski definition) is 6. The van der Waals surface area contributed by atoms with Crippen LogP contribution in [-0.4, -0.2) is 21.2 Å². The molecule has 3 rings (SSSR count). The molecule has 1 aromatic carbocycles. The average molecular weight is 295 g/mol. The molecule has 1 N–H and O–H groups in total. The third kappa shape index (κ3) is 3.15. The molecular formula is C15H13N5S. The zero-order chi connectivity index (χ0) is 14.7. The summed E-state index contributed by atoms with van der Waals surface area (Å²) in [6.07, 6.45) is 0.820. The highest BCUT2D eigenvalue weighted by Gasteiger charge is 2.09. The highest BCUT2D eigenvalue weighted by atomic mass is 32.1. The van der Waals surface area contributed by atoms with Crippen LogP contribution in [0.2, 0.25) is 0 Å². The summed E-state index contributed by atoms with van der Waals surface area (Å²) in [5.74, 6) is 0.669. The molecule has 3 aromatic rings. The van der Waals surface area contributed by atoms with Crippen molar-refractivity contribution in [2.24, 2.45) is 0 Å². The molecule has 0 saturated heterocycles. The van der Waals surface area contributed by atoms with Gasteiger partial charge < -0.3 is 5.32 Å². The van der Waals surface area contributed by atoms with Gasteiger partial charge in [-0.05, 0) is 31.2 Å². The fourth-order valence-corrected chi connectivity index (χ4v) is 3.14. The van der Waals surface area contributed by atoms with Gasteiger partial charge in [0.1, 0.15) is 11.9 Å². The molecule has 0 saturated carbocycles. The lowest BCUT2D eigenvalue weighted by molar-refractivity contribution is 0.775. The van der Waals surface area contributed by atoms with E-state index in [9.17, 15) is 0 Å². The third-order valence-corrected chi connectivity index (χ3v) is 4.05. The van der Waals surface area contributed by atoms with Gasteiger partial charge in [-0.1, -0.05) is 12.1 Å². The lowest BCUT2D eigenvalue weighted by Crippen LogP contribution is -2.19. The second kappa shape index (κ2) is 5.85. The van der Waals surface area contributed by atoms with E-state index in [2.05, 4.69) is 33.5 Å². The summed E-state index contributed by atoms with van der Waals surface area (Å²) in [4.78, 5) is 4.62. The van der Waals surface area contributed by atoms with E-state index in [-0.39, 0.29) is 6.04 Å². The van der Waals surface area contributed by atoms with Gasteiger partial charge in [0.25, 0.3) is 0 Å². The van der Waals surface area contributed by atoms with Crippen molar-refractivity contribution in [2.75, 3.05) is 5.32 Å². The smallest absolute Gasteiger partial charge is 0.163 e. The highest BCUT2D eigenvalue weighted by molar-refractivity contribution is 7.18. The Labute approximate surface area is 126 Å². The number of nitrogens with zero attached hydrogens (tertiary/aromatic N) is 4. The van der Waals surface area contributed by atoms with Crippen molar-refractivity contribution in [1.82, 2.24) is 15.2 Å². The van der Waals surface area contributed by atoms with Crippen LogP contribution in [0.3, 0.4) is 0 Å². The summed E-state index contributed by atoms with van der Waals surface area (Å²) < 4.78 is 1.21. The Bertz CT molecular complexity index is 755. The Morgan fingerprint density at radius 3 is 2.81 bits per heavy atom. The Hall–Kier alpha value is -2.52. The molecule has 2 heterocycles. The maximum atomic E-state index is 8.69. The van der Waals surface area contributed by atoms with Crippen molar-refractivity contribution in [3.8, 4) is 6.07 Å². The molecule has 2 aromatic heterocycles. The molecule has 0 aliphatic carbocycles. The molecule has 6 heteroatoms. The molecule has 0 aliphatic rings. The second-order valence-corrected chi connectivity index (χ2v) is 5.86. The van der Waals surface area contributed by atoms with Gasteiger partial charge in [-0.25, -0.2) is 4.98 Å². The molecule has 5 nitrogen and oxygen atoms in total. The van der Waals surface area contributed by atoms with Gasteiger partial charge in [0, 0.05) is 12.5 Å². The Morgan fingerprint density at radius 1 is 1.24 bits per heavy atom. The first kappa shape index (κ1) is 13.5. The van der Waals surface area contributed by atoms with E-state index in [1.807, 2.05) is 24.3 Å². The van der Waals surface area contributed by atoms with Gasteiger partial charge in [-0.2, -0.15) is 5.26 Å². The topological polar surface area (TPSA) is 74.5 Å². The largest absolute Gasteiger partial charge is 0.366 e. The fraction of sp³-hybridized carbons (Fsp3) is 0.200. The van der Waals surface area contributed by atoms with Crippen LogP contribution >= 0.6 is 11.3 Å². The first-order valence-electron chi connectivity index (χ1n) is 6.59. The van der Waals surface area contributed by atoms with Crippen LogP contribution in [-0.2, 0) is 6.42 Å². The van der Waals surface area contributed by atoms with Crippen LogP contribution < -0.4 is 5.32 Å². The molecule has 0 bridgehead atoms. The van der Waals surface area contributed by atoms with Crippen molar-refractivity contribution < 1.29 is 0 Å². The number of aromatic nitrogens is 3. The summed E-state index contributed by atoms with van der Waals surface area (Å²) >= 11 is 1.71. The number of thiazole rings is 1. The van der Waals surface area contributed by atoms with Gasteiger partial charge in [-0.3, -0.25) is 0 Å². The minimum Gasteiger partial charge on any atom is -0.366 e. The highest BCUT2D eigenvalue weighted by Crippen LogP contribution is 2.22. The van der Waals surface area contributed by atoms with E-state index < -0.39 is 0 Å². The van der Waals surface area contributed by atoms with Crippen molar-refractivity contribution in [1.29, 1.82) is 5.26 Å². The number of fused-ring (bicyclic) bond motifs is 1. The van der Waals surface area contributed by atoms with E-state index in [0.29, 0.717) is 11.5 Å². The summed E-state index contributed by atoms with van der Waals surface area (Å²) in [5, 5.41) is 20.8. The number of nitrogens with one attached hydrogen (secondary N) is 1. The zero-order valence-corrected chi connectivity index (χ0v) is 12.3. The minimum atomic E-state index is 0.188. The summed E-state index contributed by atoms with van der Waals surface area (Å²) in [7, 11) is 0. The van der Waals surface area contributed by atoms with Gasteiger partial charge in [-0.15, -0.1) is 21.5 Å². The molecule has 1 unspecified atom stereocenters. The predicted octanol–water partition coefficient (Wildman–Crippen LogP) is 3.00. The van der Waals surface area contributed by atoms with Crippen LogP contribution in [0.5, 0.6) is 0 Å². The first-order chi connectivity index (χ1) is 10.2. The minimum absolute atomic E-state index is 0.188. The number of para-hydroxylation sites is 1. The Kier molecular flexibility index (Phi) is 3.75. The van der Waals surface area contributed by atoms with E-state index in [4.69, 9.17) is 5.26 Å². The van der Waals surface area contributed by atoms with Crippen LogP contribution in [0.1, 0.15) is 17.6 Å². The SMILES string of the molecule is CC(Cc1nc2ccccc2s1)Nc1ccc(C#N)nn1. The van der Waals surface area contributed by atoms with Crippen molar-refractivity contribution in [2.45, 2.75) is 19.4 Å². The lowest BCUT2D eigenvalue weighted by atomic mass is 10.2. The number of anilines is 1. The summed E-state index contributed by atoms with van der Waals surface area (Å²) in [6.45, 7) is 2.08. The molecular weight excluding hydrogens is 282 g/mol. The number of nitriles is 1.